The molecule has 39 heavy (non-hydrogen) atoms. The Bertz CT molecular complexity index is 1400. The molecule has 2 aliphatic rings. The Morgan fingerprint density at radius 2 is 2.10 bits per heavy atom. The molecule has 0 bridgehead atoms. The smallest absolute Gasteiger partial charge is 0.410 e. The Balaban J connectivity index is 1.46. The summed E-state index contributed by atoms with van der Waals surface area (Å²) in [6, 6.07) is 6.20. The Labute approximate surface area is 225 Å². The van der Waals surface area contributed by atoms with Crippen LogP contribution >= 0.6 is 0 Å². The van der Waals surface area contributed by atoms with Gasteiger partial charge < -0.3 is 34.7 Å². The number of hydrogen-bond acceptors (Lipinski definition) is 7. The van der Waals surface area contributed by atoms with E-state index >= 15 is 0 Å². The summed E-state index contributed by atoms with van der Waals surface area (Å²) in [5.41, 5.74) is 2.72. The van der Waals surface area contributed by atoms with E-state index in [1.807, 2.05) is 20.8 Å². The summed E-state index contributed by atoms with van der Waals surface area (Å²) >= 11 is 0. The van der Waals surface area contributed by atoms with Gasteiger partial charge in [-0.2, -0.15) is 0 Å². The van der Waals surface area contributed by atoms with Crippen molar-refractivity contribution in [3.8, 4) is 22.8 Å². The molecule has 2 aromatic heterocycles. The minimum atomic E-state index is -0.582. The van der Waals surface area contributed by atoms with Gasteiger partial charge in [0.25, 0.3) is 5.91 Å². The van der Waals surface area contributed by atoms with E-state index in [1.54, 1.807) is 35.5 Å². The Morgan fingerprint density at radius 1 is 1.28 bits per heavy atom. The number of fused-ring (bicyclic) bond motifs is 1. The van der Waals surface area contributed by atoms with Crippen LogP contribution in [0.15, 0.2) is 36.7 Å². The number of likely N-dealkylation sites (tertiary alicyclic amines) is 1. The van der Waals surface area contributed by atoms with Gasteiger partial charge in [-0.05, 0) is 45.4 Å². The largest absolute Gasteiger partial charge is 0.492 e. The van der Waals surface area contributed by atoms with Gasteiger partial charge in [0.05, 0.1) is 42.0 Å². The molecule has 0 spiro atoms. The minimum Gasteiger partial charge on any atom is -0.492 e. The highest BCUT2D eigenvalue weighted by molar-refractivity contribution is 6.06. The Hall–Kier alpha value is -4.28. The lowest BCUT2D eigenvalue weighted by atomic mass is 10.0. The van der Waals surface area contributed by atoms with Crippen molar-refractivity contribution in [2.45, 2.75) is 45.3 Å². The Morgan fingerprint density at radius 3 is 2.82 bits per heavy atom. The maximum absolute atomic E-state index is 14.5. The van der Waals surface area contributed by atoms with E-state index in [2.05, 4.69) is 20.6 Å². The number of rotatable bonds is 7. The molecule has 2 amide bonds. The number of nitrogens with zero attached hydrogens (tertiary/aromatic N) is 2. The van der Waals surface area contributed by atoms with E-state index in [1.165, 1.54) is 13.2 Å². The van der Waals surface area contributed by atoms with Crippen molar-refractivity contribution < 1.29 is 28.2 Å². The number of ether oxygens (including phenoxy) is 3. The van der Waals surface area contributed by atoms with Crippen molar-refractivity contribution >= 4 is 23.4 Å². The molecule has 5 rings (SSSR count). The average molecular weight is 538 g/mol. The van der Waals surface area contributed by atoms with Crippen molar-refractivity contribution in [1.29, 1.82) is 0 Å². The first-order chi connectivity index (χ1) is 18.7. The summed E-state index contributed by atoms with van der Waals surface area (Å²) in [5.74, 6) is -0.258. The van der Waals surface area contributed by atoms with Crippen molar-refractivity contribution in [2.24, 2.45) is 0 Å². The number of methoxy groups -OCH3 is 1. The average Bonchev–Trinajstić information content (AvgIpc) is 3.22. The van der Waals surface area contributed by atoms with Gasteiger partial charge in [0.1, 0.15) is 18.0 Å². The first-order valence-electron chi connectivity index (χ1n) is 12.9. The van der Waals surface area contributed by atoms with E-state index in [4.69, 9.17) is 14.2 Å². The van der Waals surface area contributed by atoms with Crippen LogP contribution in [0.25, 0.3) is 11.3 Å². The molecule has 2 aliphatic heterocycles. The third-order valence-electron chi connectivity index (χ3n) is 6.65. The number of halogens is 1. The van der Waals surface area contributed by atoms with Crippen LogP contribution in [0.2, 0.25) is 0 Å². The maximum Gasteiger partial charge on any atom is 0.410 e. The zero-order chi connectivity index (χ0) is 27.7. The molecule has 1 fully saturated rings. The topological polar surface area (TPSA) is 118 Å². The molecule has 1 atom stereocenters. The van der Waals surface area contributed by atoms with Gasteiger partial charge in [0.2, 0.25) is 0 Å². The molecule has 4 heterocycles. The second kappa shape index (κ2) is 10.5. The fraction of sp³-hybridized carbons (Fsp3) is 0.393. The fourth-order valence-electron chi connectivity index (χ4n) is 4.72. The second-order valence-electron chi connectivity index (χ2n) is 10.5. The number of H-pyrrole nitrogens is 1. The number of benzene rings is 1. The van der Waals surface area contributed by atoms with E-state index in [9.17, 15) is 14.0 Å². The lowest BCUT2D eigenvalue weighted by Crippen LogP contribution is -2.55. The number of aromatic nitrogens is 2. The number of nitrogens with one attached hydrogen (secondary N) is 3. The molecule has 11 heteroatoms. The van der Waals surface area contributed by atoms with Crippen molar-refractivity contribution in [1.82, 2.24) is 20.2 Å². The summed E-state index contributed by atoms with van der Waals surface area (Å²) in [4.78, 5) is 34.7. The monoisotopic (exact) mass is 537 g/mol. The van der Waals surface area contributed by atoms with Crippen molar-refractivity contribution in [3.63, 3.8) is 0 Å². The van der Waals surface area contributed by atoms with Crippen LogP contribution in [0.4, 0.5) is 20.6 Å². The minimum absolute atomic E-state index is 0.0352. The molecule has 0 aliphatic carbocycles. The first-order valence-corrected chi connectivity index (χ1v) is 12.9. The standard InChI is InChI=1S/C28H32FN5O5/c1-28(2,3)39-27(36)34-13-10-16(34)15-38-21-14-30-11-8-17(21)23-24(22-19(32-23)9-12-31-26(22)35)33-20-7-5-6-18(29)25(20)37-4/h5-8,11,14,16,32-33H,9-10,12-13,15H2,1-4H3,(H,31,35). The number of carbonyl (C=O) groups excluding carboxylic acids is 2. The molecule has 10 nitrogen and oxygen atoms in total. The van der Waals surface area contributed by atoms with Crippen LogP contribution in [-0.2, 0) is 11.2 Å². The highest BCUT2D eigenvalue weighted by Gasteiger charge is 2.36. The maximum atomic E-state index is 14.5. The fourth-order valence-corrected chi connectivity index (χ4v) is 4.72. The molecular weight excluding hydrogens is 505 g/mol. The van der Waals surface area contributed by atoms with E-state index in [-0.39, 0.29) is 30.4 Å². The quantitative estimate of drug-likeness (QED) is 0.402. The van der Waals surface area contributed by atoms with Crippen LogP contribution in [0, 0.1) is 5.82 Å². The van der Waals surface area contributed by atoms with E-state index < -0.39 is 11.4 Å². The molecule has 0 saturated carbocycles. The first kappa shape index (κ1) is 26.3. The van der Waals surface area contributed by atoms with Crippen LogP contribution in [0.5, 0.6) is 11.5 Å². The number of amides is 2. The van der Waals surface area contributed by atoms with Crippen LogP contribution in [-0.4, -0.2) is 65.3 Å². The predicted octanol–water partition coefficient (Wildman–Crippen LogP) is 4.64. The van der Waals surface area contributed by atoms with Crippen LogP contribution in [0.3, 0.4) is 0 Å². The second-order valence-corrected chi connectivity index (χ2v) is 10.5. The van der Waals surface area contributed by atoms with Gasteiger partial charge >= 0.3 is 6.09 Å². The number of hydrogen-bond donors (Lipinski definition) is 3. The lowest BCUT2D eigenvalue weighted by Gasteiger charge is -2.41. The van der Waals surface area contributed by atoms with Crippen molar-refractivity contribution in [3.05, 3.63) is 53.7 Å². The normalized spacial score (nSPS) is 16.6. The summed E-state index contributed by atoms with van der Waals surface area (Å²) in [5, 5.41) is 6.10. The zero-order valence-electron chi connectivity index (χ0n) is 22.4. The van der Waals surface area contributed by atoms with Gasteiger partial charge in [0.15, 0.2) is 11.6 Å². The highest BCUT2D eigenvalue weighted by atomic mass is 19.1. The third-order valence-corrected chi connectivity index (χ3v) is 6.65. The Kier molecular flexibility index (Phi) is 7.07. The van der Waals surface area contributed by atoms with Crippen LogP contribution < -0.4 is 20.1 Å². The number of carbonyl (C=O) groups is 2. The lowest BCUT2D eigenvalue weighted by molar-refractivity contribution is -0.0141. The van der Waals surface area contributed by atoms with E-state index in [0.717, 1.165) is 12.1 Å². The van der Waals surface area contributed by atoms with Gasteiger partial charge in [-0.3, -0.25) is 9.78 Å². The molecule has 1 aromatic carbocycles. The zero-order valence-corrected chi connectivity index (χ0v) is 22.4. The van der Waals surface area contributed by atoms with Crippen LogP contribution in [0.1, 0.15) is 43.2 Å². The number of para-hydroxylation sites is 1. The molecule has 206 valence electrons. The SMILES string of the molecule is COc1c(F)cccc1Nc1c(-c2ccncc2OCC2CCN2C(=O)OC(C)(C)C)[nH]c2c1C(=O)NCC2. The van der Waals surface area contributed by atoms with E-state index in [0.29, 0.717) is 53.5 Å². The molecule has 1 unspecified atom stereocenters. The van der Waals surface area contributed by atoms with Gasteiger partial charge in [-0.1, -0.05) is 6.07 Å². The molecule has 3 aromatic rings. The summed E-state index contributed by atoms with van der Waals surface area (Å²) in [6.45, 7) is 6.85. The summed E-state index contributed by atoms with van der Waals surface area (Å²) in [6.07, 6.45) is 4.25. The molecule has 1 saturated heterocycles. The van der Waals surface area contributed by atoms with Gasteiger partial charge in [0, 0.05) is 37.0 Å². The molecule has 3 N–H and O–H groups in total. The third kappa shape index (κ3) is 5.34. The van der Waals surface area contributed by atoms with Gasteiger partial charge in [-0.15, -0.1) is 0 Å². The highest BCUT2D eigenvalue weighted by Crippen LogP contribution is 2.42. The van der Waals surface area contributed by atoms with Crippen molar-refractivity contribution in [2.75, 3.05) is 32.1 Å². The summed E-state index contributed by atoms with van der Waals surface area (Å²) < 4.78 is 31.4. The number of aromatic amines is 1. The van der Waals surface area contributed by atoms with Gasteiger partial charge in [-0.25, -0.2) is 9.18 Å². The molecular formula is C28H32FN5O5. The number of pyridine rings is 1. The number of anilines is 2. The predicted molar refractivity (Wildman–Crippen MR) is 143 cm³/mol. The molecule has 0 radical (unpaired) electrons. The summed E-state index contributed by atoms with van der Waals surface area (Å²) in [7, 11) is 1.39.